The molecule has 0 saturated carbocycles. The summed E-state index contributed by atoms with van der Waals surface area (Å²) in [6.07, 6.45) is 0. The fourth-order valence-corrected chi connectivity index (χ4v) is 4.23. The number of aryl methyl sites for hydroxylation is 2. The van der Waals surface area contributed by atoms with Crippen molar-refractivity contribution in [2.24, 2.45) is 0 Å². The Labute approximate surface area is 176 Å². The number of ether oxygens (including phenoxy) is 1. The normalized spacial score (nSPS) is 10.7. The van der Waals surface area contributed by atoms with E-state index in [1.165, 1.54) is 23.3 Å². The molecule has 0 saturated heterocycles. The van der Waals surface area contributed by atoms with Gasteiger partial charge in [-0.1, -0.05) is 40.2 Å². The average molecular weight is 493 g/mol. The van der Waals surface area contributed by atoms with Crippen LogP contribution in [0.25, 0.3) is 0 Å². The summed E-state index contributed by atoms with van der Waals surface area (Å²) in [5.74, 6) is 0.489. The number of anilines is 1. The molecule has 140 valence electrons. The molecular weight excluding hydrogens is 473 g/mol. The van der Waals surface area contributed by atoms with Crippen LogP contribution in [0.2, 0.25) is 0 Å². The molecule has 0 amide bonds. The van der Waals surface area contributed by atoms with E-state index in [0.717, 1.165) is 31.5 Å². The second kappa shape index (κ2) is 8.89. The molecule has 0 fully saturated rings. The molecule has 0 aliphatic rings. The van der Waals surface area contributed by atoms with Gasteiger partial charge in [0.25, 0.3) is 0 Å². The van der Waals surface area contributed by atoms with E-state index in [1.54, 1.807) is 6.07 Å². The van der Waals surface area contributed by atoms with Crippen LogP contribution in [-0.2, 0) is 13.2 Å². The van der Waals surface area contributed by atoms with Gasteiger partial charge in [0.1, 0.15) is 18.2 Å². The molecule has 27 heavy (non-hydrogen) atoms. The Morgan fingerprint density at radius 2 is 1.81 bits per heavy atom. The second-order valence-electron chi connectivity index (χ2n) is 6.47. The van der Waals surface area contributed by atoms with Crippen LogP contribution in [0, 0.1) is 19.7 Å². The Morgan fingerprint density at radius 1 is 1.00 bits per heavy atom. The maximum atomic E-state index is 13.4. The lowest BCUT2D eigenvalue weighted by molar-refractivity contribution is 0.300. The highest BCUT2D eigenvalue weighted by molar-refractivity contribution is 9.11. The molecule has 1 N–H and O–H groups in total. The third-order valence-electron chi connectivity index (χ3n) is 4.22. The van der Waals surface area contributed by atoms with Crippen LogP contribution < -0.4 is 10.1 Å². The minimum atomic E-state index is -0.261. The number of hydrogen-bond acceptors (Lipinski definition) is 2. The minimum absolute atomic E-state index is 0.261. The maximum Gasteiger partial charge on any atom is 0.139 e. The summed E-state index contributed by atoms with van der Waals surface area (Å²) in [6, 6.07) is 16.8. The van der Waals surface area contributed by atoms with Gasteiger partial charge in [0.15, 0.2) is 0 Å². The first-order valence-corrected chi connectivity index (χ1v) is 10.2. The van der Waals surface area contributed by atoms with E-state index in [0.29, 0.717) is 13.2 Å². The number of halogens is 3. The fourth-order valence-electron chi connectivity index (χ4n) is 2.81. The average Bonchev–Trinajstić information content (AvgIpc) is 2.61. The van der Waals surface area contributed by atoms with Crippen molar-refractivity contribution in [1.82, 2.24) is 0 Å². The van der Waals surface area contributed by atoms with Crippen molar-refractivity contribution in [1.29, 1.82) is 0 Å². The third-order valence-corrected chi connectivity index (χ3v) is 5.27. The van der Waals surface area contributed by atoms with Crippen LogP contribution in [-0.4, -0.2) is 0 Å². The lowest BCUT2D eigenvalue weighted by Gasteiger charge is -2.16. The highest BCUT2D eigenvalue weighted by Gasteiger charge is 2.12. The van der Waals surface area contributed by atoms with Gasteiger partial charge in [-0.05, 0) is 76.8 Å². The third kappa shape index (κ3) is 5.33. The lowest BCUT2D eigenvalue weighted by atomic mass is 10.1. The Bertz CT molecular complexity index is 959. The maximum absolute atomic E-state index is 13.4. The minimum Gasteiger partial charge on any atom is -0.487 e. The molecule has 0 aliphatic heterocycles. The van der Waals surface area contributed by atoms with Crippen LogP contribution in [0.15, 0.2) is 63.5 Å². The van der Waals surface area contributed by atoms with Gasteiger partial charge in [-0.15, -0.1) is 0 Å². The largest absolute Gasteiger partial charge is 0.487 e. The van der Waals surface area contributed by atoms with Crippen molar-refractivity contribution in [3.05, 3.63) is 91.6 Å². The molecule has 0 unspecified atom stereocenters. The van der Waals surface area contributed by atoms with E-state index >= 15 is 0 Å². The van der Waals surface area contributed by atoms with Crippen LogP contribution >= 0.6 is 31.9 Å². The smallest absolute Gasteiger partial charge is 0.139 e. The van der Waals surface area contributed by atoms with Gasteiger partial charge in [-0.2, -0.15) is 0 Å². The van der Waals surface area contributed by atoms with Crippen LogP contribution in [0.4, 0.5) is 10.1 Å². The van der Waals surface area contributed by atoms with Gasteiger partial charge in [0.05, 0.1) is 4.47 Å². The molecule has 0 aromatic heterocycles. The number of nitrogens with one attached hydrogen (secondary N) is 1. The summed E-state index contributed by atoms with van der Waals surface area (Å²) in [4.78, 5) is 0. The Hall–Kier alpha value is -1.85. The van der Waals surface area contributed by atoms with Crippen molar-refractivity contribution < 1.29 is 9.13 Å². The van der Waals surface area contributed by atoms with Gasteiger partial charge in [-0.3, -0.25) is 0 Å². The summed E-state index contributed by atoms with van der Waals surface area (Å²) in [7, 11) is 0. The summed E-state index contributed by atoms with van der Waals surface area (Å²) in [5.41, 5.74) is 5.30. The zero-order valence-corrected chi connectivity index (χ0v) is 18.3. The first-order valence-electron chi connectivity index (χ1n) is 8.58. The molecule has 3 aromatic rings. The summed E-state index contributed by atoms with van der Waals surface area (Å²) in [5, 5.41) is 3.49. The van der Waals surface area contributed by atoms with E-state index in [2.05, 4.69) is 69.2 Å². The SMILES string of the molecule is Cc1ccc(C)c(NCc2cc(Br)cc(Br)c2OCc2cccc(F)c2)c1. The summed E-state index contributed by atoms with van der Waals surface area (Å²) in [6.45, 7) is 5.07. The molecule has 3 rings (SSSR count). The van der Waals surface area contributed by atoms with Gasteiger partial charge in [-0.25, -0.2) is 4.39 Å². The number of hydrogen-bond donors (Lipinski definition) is 1. The predicted octanol–water partition coefficient (Wildman–Crippen LogP) is 7.16. The van der Waals surface area contributed by atoms with Gasteiger partial charge in [0, 0.05) is 22.3 Å². The first kappa shape index (κ1) is 19.9. The van der Waals surface area contributed by atoms with E-state index in [1.807, 2.05) is 18.2 Å². The van der Waals surface area contributed by atoms with E-state index in [9.17, 15) is 4.39 Å². The molecule has 0 atom stereocenters. The monoisotopic (exact) mass is 491 g/mol. The van der Waals surface area contributed by atoms with Crippen LogP contribution in [0.1, 0.15) is 22.3 Å². The van der Waals surface area contributed by atoms with Crippen LogP contribution in [0.3, 0.4) is 0 Å². The molecule has 0 radical (unpaired) electrons. The Morgan fingerprint density at radius 3 is 2.59 bits per heavy atom. The summed E-state index contributed by atoms with van der Waals surface area (Å²) >= 11 is 7.12. The highest BCUT2D eigenvalue weighted by Crippen LogP contribution is 2.34. The Balaban J connectivity index is 1.80. The molecular formula is C22H20Br2FNO. The molecule has 3 aromatic carbocycles. The topological polar surface area (TPSA) is 21.3 Å². The molecule has 2 nitrogen and oxygen atoms in total. The molecule has 0 heterocycles. The van der Waals surface area contributed by atoms with Gasteiger partial charge >= 0.3 is 0 Å². The number of benzene rings is 3. The van der Waals surface area contributed by atoms with Crippen molar-refractivity contribution >= 4 is 37.5 Å². The molecule has 0 spiro atoms. The molecule has 0 aliphatic carbocycles. The van der Waals surface area contributed by atoms with E-state index < -0.39 is 0 Å². The second-order valence-corrected chi connectivity index (χ2v) is 8.24. The predicted molar refractivity (Wildman–Crippen MR) is 116 cm³/mol. The van der Waals surface area contributed by atoms with Crippen molar-refractivity contribution in [3.63, 3.8) is 0 Å². The zero-order valence-electron chi connectivity index (χ0n) is 15.2. The van der Waals surface area contributed by atoms with Crippen molar-refractivity contribution in [2.45, 2.75) is 27.0 Å². The highest BCUT2D eigenvalue weighted by atomic mass is 79.9. The van der Waals surface area contributed by atoms with E-state index in [4.69, 9.17) is 4.74 Å². The quantitative estimate of drug-likeness (QED) is 0.394. The lowest BCUT2D eigenvalue weighted by Crippen LogP contribution is -2.06. The molecule has 5 heteroatoms. The van der Waals surface area contributed by atoms with E-state index in [-0.39, 0.29) is 5.82 Å². The zero-order chi connectivity index (χ0) is 19.4. The standard InChI is InChI=1S/C22H20Br2FNO/c1-14-6-7-15(2)21(8-14)26-12-17-10-18(23)11-20(24)22(17)27-13-16-4-3-5-19(25)9-16/h3-11,26H,12-13H2,1-2H3. The van der Waals surface area contributed by atoms with Gasteiger partial charge in [0.2, 0.25) is 0 Å². The fraction of sp³-hybridized carbons (Fsp3) is 0.182. The Kier molecular flexibility index (Phi) is 6.55. The molecule has 0 bridgehead atoms. The van der Waals surface area contributed by atoms with Crippen molar-refractivity contribution in [2.75, 3.05) is 5.32 Å². The van der Waals surface area contributed by atoms with Gasteiger partial charge < -0.3 is 10.1 Å². The van der Waals surface area contributed by atoms with Crippen LogP contribution in [0.5, 0.6) is 5.75 Å². The van der Waals surface area contributed by atoms with Crippen molar-refractivity contribution in [3.8, 4) is 5.75 Å². The summed E-state index contributed by atoms with van der Waals surface area (Å²) < 4.78 is 21.3. The number of rotatable bonds is 6. The first-order chi connectivity index (χ1) is 12.9.